The summed E-state index contributed by atoms with van der Waals surface area (Å²) < 4.78 is 10.8. The van der Waals surface area contributed by atoms with Crippen LogP contribution in [-0.2, 0) is 9.53 Å². The zero-order valence-electron chi connectivity index (χ0n) is 22.3. The van der Waals surface area contributed by atoms with Gasteiger partial charge in [0, 0.05) is 56.1 Å². The summed E-state index contributed by atoms with van der Waals surface area (Å²) in [6.45, 7) is 10.0. The van der Waals surface area contributed by atoms with Gasteiger partial charge in [-0.2, -0.15) is 0 Å². The molecule has 2 aromatic carbocycles. The molecule has 1 saturated heterocycles. The van der Waals surface area contributed by atoms with Gasteiger partial charge in [0.2, 0.25) is 5.91 Å². The van der Waals surface area contributed by atoms with Crippen molar-refractivity contribution in [2.75, 3.05) is 57.9 Å². The fourth-order valence-corrected chi connectivity index (χ4v) is 4.49. The lowest BCUT2D eigenvalue weighted by molar-refractivity contribution is -0.121. The van der Waals surface area contributed by atoms with Crippen LogP contribution in [0.1, 0.15) is 33.1 Å². The Labute approximate surface area is 220 Å². The van der Waals surface area contributed by atoms with Crippen LogP contribution in [0.2, 0.25) is 0 Å². The molecule has 1 amide bonds. The molecular weight excluding hydrogens is 466 g/mol. The van der Waals surface area contributed by atoms with Gasteiger partial charge in [0.15, 0.2) is 5.82 Å². The summed E-state index contributed by atoms with van der Waals surface area (Å²) in [4.78, 5) is 27.3. The Kier molecular flexibility index (Phi) is 9.68. The van der Waals surface area contributed by atoms with E-state index in [0.717, 1.165) is 80.3 Å². The van der Waals surface area contributed by atoms with Gasteiger partial charge in [-0.3, -0.25) is 9.69 Å². The van der Waals surface area contributed by atoms with Gasteiger partial charge in [-0.25, -0.2) is 9.97 Å². The second-order valence-corrected chi connectivity index (χ2v) is 9.54. The van der Waals surface area contributed by atoms with Gasteiger partial charge in [-0.05, 0) is 56.2 Å². The number of nitrogens with zero attached hydrogens (tertiary/aromatic N) is 4. The number of para-hydroxylation sites is 1. The molecule has 1 N–H and O–H groups in total. The summed E-state index contributed by atoms with van der Waals surface area (Å²) in [5.41, 5.74) is 1.82. The molecular formula is C29H39N5O3. The van der Waals surface area contributed by atoms with E-state index in [1.165, 1.54) is 0 Å². The van der Waals surface area contributed by atoms with Gasteiger partial charge in [0.1, 0.15) is 11.6 Å². The van der Waals surface area contributed by atoms with Crippen molar-refractivity contribution in [3.05, 3.63) is 48.5 Å². The van der Waals surface area contributed by atoms with Crippen molar-refractivity contribution in [3.63, 3.8) is 0 Å². The monoisotopic (exact) mass is 505 g/mol. The Hall–Kier alpha value is -3.23. The lowest BCUT2D eigenvalue weighted by Gasteiger charge is -2.29. The Balaban J connectivity index is 1.61. The number of hydrogen-bond acceptors (Lipinski definition) is 7. The standard InChI is InChI=1S/C29H39N5O3/c1-4-22(2)30-27(35)14-17-34(16-7-15-33-18-20-37-21-19-33)29-25-8-5-6-9-26(25)31-28(32-29)23-10-12-24(36-3)13-11-23/h5-6,8-13,22H,4,7,14-21H2,1-3H3,(H,30,35). The van der Waals surface area contributed by atoms with Crippen LogP contribution in [0.3, 0.4) is 0 Å². The van der Waals surface area contributed by atoms with Crippen molar-refractivity contribution in [3.8, 4) is 17.1 Å². The van der Waals surface area contributed by atoms with E-state index in [0.29, 0.717) is 18.8 Å². The number of carbonyl (C=O) groups is 1. The third-order valence-electron chi connectivity index (χ3n) is 6.87. The summed E-state index contributed by atoms with van der Waals surface area (Å²) in [6.07, 6.45) is 2.30. The average Bonchev–Trinajstić information content (AvgIpc) is 2.94. The van der Waals surface area contributed by atoms with Crippen LogP contribution in [0.15, 0.2) is 48.5 Å². The third kappa shape index (κ3) is 7.40. The molecule has 1 aromatic heterocycles. The van der Waals surface area contributed by atoms with E-state index in [2.05, 4.69) is 28.1 Å². The van der Waals surface area contributed by atoms with Crippen molar-refractivity contribution in [2.24, 2.45) is 0 Å². The number of aromatic nitrogens is 2. The van der Waals surface area contributed by atoms with Gasteiger partial charge in [-0.15, -0.1) is 0 Å². The van der Waals surface area contributed by atoms with Crippen LogP contribution in [0.5, 0.6) is 5.75 Å². The number of anilines is 1. The molecule has 1 atom stereocenters. The fourth-order valence-electron chi connectivity index (χ4n) is 4.49. The Morgan fingerprint density at radius 1 is 1.11 bits per heavy atom. The molecule has 1 fully saturated rings. The predicted molar refractivity (Wildman–Crippen MR) is 148 cm³/mol. The molecule has 8 heteroatoms. The zero-order chi connectivity index (χ0) is 26.0. The molecule has 1 aliphatic heterocycles. The number of benzene rings is 2. The Bertz CT molecular complexity index is 1150. The second kappa shape index (κ2) is 13.4. The summed E-state index contributed by atoms with van der Waals surface area (Å²) in [5.74, 6) is 2.40. The molecule has 3 aromatic rings. The highest BCUT2D eigenvalue weighted by Crippen LogP contribution is 2.29. The molecule has 0 bridgehead atoms. The molecule has 0 spiro atoms. The van der Waals surface area contributed by atoms with Gasteiger partial charge < -0.3 is 19.7 Å². The van der Waals surface area contributed by atoms with Gasteiger partial charge in [-0.1, -0.05) is 19.1 Å². The number of morpholine rings is 1. The van der Waals surface area contributed by atoms with Crippen LogP contribution in [-0.4, -0.2) is 79.9 Å². The quantitative estimate of drug-likeness (QED) is 0.396. The number of rotatable bonds is 12. The van der Waals surface area contributed by atoms with E-state index in [-0.39, 0.29) is 11.9 Å². The van der Waals surface area contributed by atoms with E-state index in [1.54, 1.807) is 7.11 Å². The third-order valence-corrected chi connectivity index (χ3v) is 6.87. The van der Waals surface area contributed by atoms with E-state index < -0.39 is 0 Å². The van der Waals surface area contributed by atoms with E-state index in [1.807, 2.05) is 49.4 Å². The fraction of sp³-hybridized carbons (Fsp3) is 0.483. The van der Waals surface area contributed by atoms with Crippen LogP contribution < -0.4 is 15.0 Å². The second-order valence-electron chi connectivity index (χ2n) is 9.54. The number of carbonyl (C=O) groups excluding carboxylic acids is 1. The minimum atomic E-state index is 0.0706. The van der Waals surface area contributed by atoms with E-state index in [9.17, 15) is 4.79 Å². The number of hydrogen-bond donors (Lipinski definition) is 1. The number of nitrogens with one attached hydrogen (secondary N) is 1. The predicted octanol–water partition coefficient (Wildman–Crippen LogP) is 4.14. The first kappa shape index (κ1) is 26.8. The van der Waals surface area contributed by atoms with Crippen molar-refractivity contribution >= 4 is 22.6 Å². The van der Waals surface area contributed by atoms with E-state index in [4.69, 9.17) is 19.4 Å². The first-order valence-corrected chi connectivity index (χ1v) is 13.3. The highest BCUT2D eigenvalue weighted by Gasteiger charge is 2.18. The molecule has 2 heterocycles. The largest absolute Gasteiger partial charge is 0.497 e. The van der Waals surface area contributed by atoms with Gasteiger partial charge in [0.25, 0.3) is 0 Å². The first-order valence-electron chi connectivity index (χ1n) is 13.3. The van der Waals surface area contributed by atoms with Crippen LogP contribution in [0.4, 0.5) is 5.82 Å². The first-order chi connectivity index (χ1) is 18.1. The van der Waals surface area contributed by atoms with Crippen molar-refractivity contribution in [2.45, 2.75) is 39.2 Å². The maximum absolute atomic E-state index is 12.7. The molecule has 1 aliphatic rings. The average molecular weight is 506 g/mol. The molecule has 1 unspecified atom stereocenters. The van der Waals surface area contributed by atoms with Gasteiger partial charge >= 0.3 is 0 Å². The zero-order valence-corrected chi connectivity index (χ0v) is 22.3. The molecule has 0 saturated carbocycles. The number of fused-ring (bicyclic) bond motifs is 1. The Morgan fingerprint density at radius 2 is 1.86 bits per heavy atom. The number of ether oxygens (including phenoxy) is 2. The van der Waals surface area contributed by atoms with Crippen molar-refractivity contribution in [1.82, 2.24) is 20.2 Å². The summed E-state index contributed by atoms with van der Waals surface area (Å²) >= 11 is 0. The van der Waals surface area contributed by atoms with Crippen LogP contribution in [0, 0.1) is 0 Å². The Morgan fingerprint density at radius 3 is 2.59 bits per heavy atom. The number of amides is 1. The smallest absolute Gasteiger partial charge is 0.221 e. The number of methoxy groups -OCH3 is 1. The molecule has 4 rings (SSSR count). The maximum atomic E-state index is 12.7. The molecule has 8 nitrogen and oxygen atoms in total. The minimum Gasteiger partial charge on any atom is -0.497 e. The van der Waals surface area contributed by atoms with Crippen molar-refractivity contribution < 1.29 is 14.3 Å². The summed E-state index contributed by atoms with van der Waals surface area (Å²) in [6, 6.07) is 16.1. The molecule has 198 valence electrons. The van der Waals surface area contributed by atoms with E-state index >= 15 is 0 Å². The van der Waals surface area contributed by atoms with Crippen molar-refractivity contribution in [1.29, 1.82) is 0 Å². The van der Waals surface area contributed by atoms with Crippen LogP contribution >= 0.6 is 0 Å². The molecule has 0 radical (unpaired) electrons. The SMILES string of the molecule is CCC(C)NC(=O)CCN(CCCN1CCOCC1)c1nc(-c2ccc(OC)cc2)nc2ccccc12. The highest BCUT2D eigenvalue weighted by molar-refractivity contribution is 5.91. The minimum absolute atomic E-state index is 0.0706. The maximum Gasteiger partial charge on any atom is 0.221 e. The van der Waals surface area contributed by atoms with Gasteiger partial charge in [0.05, 0.1) is 25.8 Å². The lowest BCUT2D eigenvalue weighted by atomic mass is 10.1. The summed E-state index contributed by atoms with van der Waals surface area (Å²) in [7, 11) is 1.66. The molecule has 0 aliphatic carbocycles. The topological polar surface area (TPSA) is 79.8 Å². The van der Waals surface area contributed by atoms with Crippen LogP contribution in [0.25, 0.3) is 22.3 Å². The summed E-state index contributed by atoms with van der Waals surface area (Å²) in [5, 5.41) is 4.09. The molecule has 37 heavy (non-hydrogen) atoms. The highest BCUT2D eigenvalue weighted by atomic mass is 16.5. The lowest BCUT2D eigenvalue weighted by Crippen LogP contribution is -2.39. The normalized spacial score (nSPS) is 14.9.